The Kier molecular flexibility index (Phi) is 7.71. The molecule has 1 atom stereocenters. The SMILES string of the molecule is CC(Oc1cc(Cl)cc(Cl)c1)C(=O)NCCSCC(=O)O. The summed E-state index contributed by atoms with van der Waals surface area (Å²) in [7, 11) is 0. The molecule has 1 amide bonds. The number of hydrogen-bond acceptors (Lipinski definition) is 4. The van der Waals surface area contributed by atoms with Crippen LogP contribution in [0, 0.1) is 0 Å². The zero-order chi connectivity index (χ0) is 15.8. The first-order chi connectivity index (χ1) is 9.88. The van der Waals surface area contributed by atoms with Crippen molar-refractivity contribution in [2.45, 2.75) is 13.0 Å². The third kappa shape index (κ3) is 7.45. The van der Waals surface area contributed by atoms with Crippen molar-refractivity contribution in [2.75, 3.05) is 18.1 Å². The van der Waals surface area contributed by atoms with Crippen LogP contribution in [0.2, 0.25) is 10.0 Å². The van der Waals surface area contributed by atoms with Gasteiger partial charge in [-0.3, -0.25) is 9.59 Å². The summed E-state index contributed by atoms with van der Waals surface area (Å²) in [6.45, 7) is 1.98. The monoisotopic (exact) mass is 351 g/mol. The van der Waals surface area contributed by atoms with E-state index in [-0.39, 0.29) is 11.7 Å². The molecular formula is C13H15Cl2NO4S. The third-order valence-corrected chi connectivity index (χ3v) is 3.67. The second-order valence-electron chi connectivity index (χ2n) is 4.10. The molecule has 0 heterocycles. The van der Waals surface area contributed by atoms with Crippen LogP contribution in [-0.2, 0) is 9.59 Å². The average molecular weight is 352 g/mol. The summed E-state index contributed by atoms with van der Waals surface area (Å²) in [5, 5.41) is 12.0. The van der Waals surface area contributed by atoms with E-state index in [0.717, 1.165) is 0 Å². The van der Waals surface area contributed by atoms with Crippen molar-refractivity contribution < 1.29 is 19.4 Å². The lowest BCUT2D eigenvalue weighted by Crippen LogP contribution is -2.37. The first-order valence-corrected chi connectivity index (χ1v) is 7.99. The van der Waals surface area contributed by atoms with Crippen LogP contribution in [0.25, 0.3) is 0 Å². The molecule has 0 aliphatic rings. The highest BCUT2D eigenvalue weighted by molar-refractivity contribution is 7.99. The Balaban J connectivity index is 2.35. The normalized spacial score (nSPS) is 11.8. The summed E-state index contributed by atoms with van der Waals surface area (Å²) in [5.41, 5.74) is 0. The Labute approximate surface area is 136 Å². The molecule has 0 aliphatic carbocycles. The Morgan fingerprint density at radius 2 is 1.95 bits per heavy atom. The van der Waals surface area contributed by atoms with Gasteiger partial charge in [0.2, 0.25) is 0 Å². The van der Waals surface area contributed by atoms with Crippen LogP contribution in [0.1, 0.15) is 6.92 Å². The first kappa shape index (κ1) is 17.9. The van der Waals surface area contributed by atoms with E-state index in [1.54, 1.807) is 25.1 Å². The van der Waals surface area contributed by atoms with Crippen LogP contribution < -0.4 is 10.1 Å². The van der Waals surface area contributed by atoms with Crippen molar-refractivity contribution in [3.63, 3.8) is 0 Å². The zero-order valence-electron chi connectivity index (χ0n) is 11.3. The van der Waals surface area contributed by atoms with Gasteiger partial charge in [0.15, 0.2) is 6.10 Å². The molecule has 0 bridgehead atoms. The van der Waals surface area contributed by atoms with E-state index in [0.29, 0.717) is 28.1 Å². The Morgan fingerprint density at radius 3 is 2.52 bits per heavy atom. The number of amides is 1. The zero-order valence-corrected chi connectivity index (χ0v) is 13.6. The minimum Gasteiger partial charge on any atom is -0.481 e. The molecule has 1 aromatic carbocycles. The Morgan fingerprint density at radius 1 is 1.33 bits per heavy atom. The van der Waals surface area contributed by atoms with Gasteiger partial charge in [-0.2, -0.15) is 0 Å². The summed E-state index contributed by atoms with van der Waals surface area (Å²) in [5.74, 6) is -0.213. The van der Waals surface area contributed by atoms with Gasteiger partial charge in [-0.15, -0.1) is 11.8 Å². The van der Waals surface area contributed by atoms with E-state index in [4.69, 9.17) is 33.0 Å². The maximum atomic E-state index is 11.8. The number of thioether (sulfide) groups is 1. The summed E-state index contributed by atoms with van der Waals surface area (Å²) in [6.07, 6.45) is -0.705. The highest BCUT2D eigenvalue weighted by Gasteiger charge is 2.14. The van der Waals surface area contributed by atoms with Gasteiger partial charge < -0.3 is 15.2 Å². The molecule has 1 aromatic rings. The molecule has 0 aromatic heterocycles. The summed E-state index contributed by atoms with van der Waals surface area (Å²) in [4.78, 5) is 22.1. The molecule has 8 heteroatoms. The number of aliphatic carboxylic acids is 1. The third-order valence-electron chi connectivity index (χ3n) is 2.29. The molecule has 116 valence electrons. The predicted octanol–water partition coefficient (Wildman–Crippen LogP) is 2.69. The minimum absolute atomic E-state index is 0.0168. The number of carbonyl (C=O) groups excluding carboxylic acids is 1. The maximum absolute atomic E-state index is 11.8. The summed E-state index contributed by atoms with van der Waals surface area (Å²) < 4.78 is 5.45. The Bertz CT molecular complexity index is 493. The molecule has 1 unspecified atom stereocenters. The van der Waals surface area contributed by atoms with Crippen LogP contribution in [0.5, 0.6) is 5.75 Å². The maximum Gasteiger partial charge on any atom is 0.313 e. The van der Waals surface area contributed by atoms with Gasteiger partial charge in [0.25, 0.3) is 5.91 Å². The molecule has 0 radical (unpaired) electrons. The smallest absolute Gasteiger partial charge is 0.313 e. The lowest BCUT2D eigenvalue weighted by Gasteiger charge is -2.15. The molecule has 0 fully saturated rings. The van der Waals surface area contributed by atoms with E-state index < -0.39 is 12.1 Å². The molecule has 0 spiro atoms. The van der Waals surface area contributed by atoms with Gasteiger partial charge in [0.1, 0.15) is 5.75 Å². The number of nitrogens with one attached hydrogen (secondary N) is 1. The van der Waals surface area contributed by atoms with Crippen molar-refractivity contribution in [1.29, 1.82) is 0 Å². The number of carboxylic acid groups (broad SMARTS) is 1. The van der Waals surface area contributed by atoms with Crippen molar-refractivity contribution in [3.05, 3.63) is 28.2 Å². The molecule has 5 nitrogen and oxygen atoms in total. The van der Waals surface area contributed by atoms with Crippen molar-refractivity contribution in [3.8, 4) is 5.75 Å². The van der Waals surface area contributed by atoms with Gasteiger partial charge in [-0.1, -0.05) is 23.2 Å². The fourth-order valence-corrected chi connectivity index (χ4v) is 2.48. The number of carbonyl (C=O) groups is 2. The highest BCUT2D eigenvalue weighted by Crippen LogP contribution is 2.24. The number of rotatable bonds is 8. The van der Waals surface area contributed by atoms with E-state index in [9.17, 15) is 9.59 Å². The van der Waals surface area contributed by atoms with Gasteiger partial charge in [0.05, 0.1) is 5.75 Å². The fraction of sp³-hybridized carbons (Fsp3) is 0.385. The van der Waals surface area contributed by atoms with E-state index in [2.05, 4.69) is 5.32 Å². The molecule has 2 N–H and O–H groups in total. The number of halogens is 2. The molecular weight excluding hydrogens is 337 g/mol. The molecule has 0 saturated heterocycles. The van der Waals surface area contributed by atoms with Crippen molar-refractivity contribution in [2.24, 2.45) is 0 Å². The largest absolute Gasteiger partial charge is 0.481 e. The van der Waals surface area contributed by atoms with Gasteiger partial charge in [-0.05, 0) is 25.1 Å². The molecule has 1 rings (SSSR count). The minimum atomic E-state index is -0.874. The Hall–Kier alpha value is -1.11. The topological polar surface area (TPSA) is 75.6 Å². The first-order valence-electron chi connectivity index (χ1n) is 6.08. The van der Waals surface area contributed by atoms with Crippen molar-refractivity contribution in [1.82, 2.24) is 5.32 Å². The van der Waals surface area contributed by atoms with Gasteiger partial charge in [-0.25, -0.2) is 0 Å². The second kappa shape index (κ2) is 9.02. The number of carboxylic acids is 1. The highest BCUT2D eigenvalue weighted by atomic mass is 35.5. The molecule has 0 saturated carbocycles. The van der Waals surface area contributed by atoms with E-state index in [1.807, 2.05) is 0 Å². The number of ether oxygens (including phenoxy) is 1. The second-order valence-corrected chi connectivity index (χ2v) is 6.08. The molecule has 21 heavy (non-hydrogen) atoms. The summed E-state index contributed by atoms with van der Waals surface area (Å²) >= 11 is 12.9. The number of hydrogen-bond donors (Lipinski definition) is 2. The molecule has 0 aliphatic heterocycles. The predicted molar refractivity (Wildman–Crippen MR) is 84.5 cm³/mol. The lowest BCUT2D eigenvalue weighted by atomic mass is 10.3. The van der Waals surface area contributed by atoms with Gasteiger partial charge in [0, 0.05) is 22.3 Å². The van der Waals surface area contributed by atoms with Crippen molar-refractivity contribution >= 4 is 46.8 Å². The van der Waals surface area contributed by atoms with E-state index in [1.165, 1.54) is 11.8 Å². The van der Waals surface area contributed by atoms with Crippen LogP contribution in [0.4, 0.5) is 0 Å². The van der Waals surface area contributed by atoms with Crippen LogP contribution in [0.3, 0.4) is 0 Å². The standard InChI is InChI=1S/C13H15Cl2NO4S/c1-8(13(19)16-2-3-21-7-12(17)18)20-11-5-9(14)4-10(15)6-11/h4-6,8H,2-3,7H2,1H3,(H,16,19)(H,17,18). The van der Waals surface area contributed by atoms with E-state index >= 15 is 0 Å². The van der Waals surface area contributed by atoms with Gasteiger partial charge >= 0.3 is 5.97 Å². The average Bonchev–Trinajstić information content (AvgIpc) is 2.36. The van der Waals surface area contributed by atoms with Crippen LogP contribution >= 0.6 is 35.0 Å². The fourth-order valence-electron chi connectivity index (χ4n) is 1.40. The van der Waals surface area contributed by atoms with Crippen LogP contribution in [0.15, 0.2) is 18.2 Å². The van der Waals surface area contributed by atoms with Crippen LogP contribution in [-0.4, -0.2) is 41.1 Å². The number of benzene rings is 1. The quantitative estimate of drug-likeness (QED) is 0.704. The lowest BCUT2D eigenvalue weighted by molar-refractivity contribution is -0.134. The summed E-state index contributed by atoms with van der Waals surface area (Å²) in [6, 6.07) is 4.71.